The van der Waals surface area contributed by atoms with Crippen LogP contribution in [0.4, 0.5) is 0 Å². The summed E-state index contributed by atoms with van der Waals surface area (Å²) in [4.78, 5) is 12.4. The third-order valence-corrected chi connectivity index (χ3v) is 5.09. The number of aryl methyl sites for hydroxylation is 1. The molecule has 2 aliphatic rings. The number of esters is 1. The molecule has 3 rings (SSSR count). The molecular formula is C17H19ClO3. The summed E-state index contributed by atoms with van der Waals surface area (Å²) in [6.07, 6.45) is 4.47. The Morgan fingerprint density at radius 2 is 1.86 bits per heavy atom. The van der Waals surface area contributed by atoms with Crippen molar-refractivity contribution in [3.05, 3.63) is 39.6 Å². The molecule has 0 bridgehead atoms. The molecule has 0 saturated heterocycles. The summed E-state index contributed by atoms with van der Waals surface area (Å²) in [7, 11) is 0. The SMILES string of the molecule is Cc1ccc(Cl)c(C)c1C1=C(O)C2(CCCCC2)OC1=O. The highest BCUT2D eigenvalue weighted by Gasteiger charge is 2.49. The predicted molar refractivity (Wildman–Crippen MR) is 82.4 cm³/mol. The van der Waals surface area contributed by atoms with Gasteiger partial charge in [-0.15, -0.1) is 0 Å². The quantitative estimate of drug-likeness (QED) is 0.778. The van der Waals surface area contributed by atoms with E-state index in [4.69, 9.17) is 16.3 Å². The van der Waals surface area contributed by atoms with Crippen molar-refractivity contribution in [2.45, 2.75) is 51.6 Å². The molecule has 4 heteroatoms. The Kier molecular flexibility index (Phi) is 3.48. The van der Waals surface area contributed by atoms with Gasteiger partial charge in [-0.25, -0.2) is 4.79 Å². The molecule has 1 saturated carbocycles. The zero-order valence-corrected chi connectivity index (χ0v) is 13.1. The Morgan fingerprint density at radius 1 is 1.19 bits per heavy atom. The van der Waals surface area contributed by atoms with Crippen LogP contribution < -0.4 is 0 Å². The van der Waals surface area contributed by atoms with Crippen LogP contribution in [0.3, 0.4) is 0 Å². The number of aliphatic hydroxyl groups excluding tert-OH is 1. The number of hydrogen-bond donors (Lipinski definition) is 1. The van der Waals surface area contributed by atoms with E-state index >= 15 is 0 Å². The normalized spacial score (nSPS) is 21.0. The molecule has 1 aliphatic carbocycles. The number of benzene rings is 1. The standard InChI is InChI=1S/C17H19ClO3/c1-10-6-7-12(18)11(2)13(10)14-15(19)17(21-16(14)20)8-4-3-5-9-17/h6-7,19H,3-5,8-9H2,1-2H3. The van der Waals surface area contributed by atoms with E-state index in [-0.39, 0.29) is 5.76 Å². The predicted octanol–water partition coefficient (Wildman–Crippen LogP) is 4.49. The molecule has 1 aromatic rings. The van der Waals surface area contributed by atoms with Gasteiger partial charge in [0, 0.05) is 5.02 Å². The number of hydrogen-bond acceptors (Lipinski definition) is 3. The number of aliphatic hydroxyl groups is 1. The highest BCUT2D eigenvalue weighted by molar-refractivity contribution is 6.32. The summed E-state index contributed by atoms with van der Waals surface area (Å²) in [5.41, 5.74) is 1.94. The Morgan fingerprint density at radius 3 is 2.52 bits per heavy atom. The first kappa shape index (κ1) is 14.5. The van der Waals surface area contributed by atoms with E-state index in [1.54, 1.807) is 0 Å². The van der Waals surface area contributed by atoms with Gasteiger partial charge in [-0.3, -0.25) is 0 Å². The number of rotatable bonds is 1. The smallest absolute Gasteiger partial charge is 0.343 e. The van der Waals surface area contributed by atoms with Crippen LogP contribution in [0.5, 0.6) is 0 Å². The first-order valence-corrected chi connectivity index (χ1v) is 7.77. The van der Waals surface area contributed by atoms with Crippen LogP contribution in [0.1, 0.15) is 48.8 Å². The Balaban J connectivity index is 2.17. The zero-order chi connectivity index (χ0) is 15.2. The summed E-state index contributed by atoms with van der Waals surface area (Å²) in [5.74, 6) is -0.330. The van der Waals surface area contributed by atoms with Crippen molar-refractivity contribution in [2.24, 2.45) is 0 Å². The third-order valence-electron chi connectivity index (χ3n) is 4.68. The van der Waals surface area contributed by atoms with Gasteiger partial charge < -0.3 is 9.84 Å². The molecule has 1 fully saturated rings. The summed E-state index contributed by atoms with van der Waals surface area (Å²) >= 11 is 6.18. The molecule has 112 valence electrons. The first-order chi connectivity index (χ1) is 9.96. The van der Waals surface area contributed by atoms with Crippen molar-refractivity contribution < 1.29 is 14.6 Å². The van der Waals surface area contributed by atoms with Gasteiger partial charge in [0.25, 0.3) is 0 Å². The lowest BCUT2D eigenvalue weighted by molar-refractivity contribution is -0.149. The maximum Gasteiger partial charge on any atom is 0.343 e. The van der Waals surface area contributed by atoms with E-state index < -0.39 is 11.6 Å². The van der Waals surface area contributed by atoms with Gasteiger partial charge in [0.15, 0.2) is 11.4 Å². The maximum absolute atomic E-state index is 12.4. The van der Waals surface area contributed by atoms with Crippen LogP contribution in [0.15, 0.2) is 17.9 Å². The van der Waals surface area contributed by atoms with Gasteiger partial charge in [0.1, 0.15) is 5.57 Å². The number of halogens is 1. The molecule has 1 N–H and O–H groups in total. The number of carbonyl (C=O) groups excluding carboxylic acids is 1. The van der Waals surface area contributed by atoms with Crippen molar-refractivity contribution in [3.63, 3.8) is 0 Å². The molecule has 1 aliphatic heterocycles. The molecule has 21 heavy (non-hydrogen) atoms. The van der Waals surface area contributed by atoms with Crippen molar-refractivity contribution in [1.82, 2.24) is 0 Å². The van der Waals surface area contributed by atoms with Gasteiger partial charge in [-0.2, -0.15) is 0 Å². The lowest BCUT2D eigenvalue weighted by Gasteiger charge is -2.31. The molecule has 0 amide bonds. The minimum atomic E-state index is -0.800. The molecule has 3 nitrogen and oxygen atoms in total. The van der Waals surface area contributed by atoms with Gasteiger partial charge in [0.05, 0.1) is 0 Å². The Hall–Kier alpha value is -1.48. The highest BCUT2D eigenvalue weighted by atomic mass is 35.5. The van der Waals surface area contributed by atoms with E-state index in [0.717, 1.165) is 30.4 Å². The minimum absolute atomic E-state index is 0.0978. The number of ether oxygens (including phenoxy) is 1. The van der Waals surface area contributed by atoms with Crippen molar-refractivity contribution in [3.8, 4) is 0 Å². The summed E-state index contributed by atoms with van der Waals surface area (Å²) in [6, 6.07) is 3.67. The van der Waals surface area contributed by atoms with E-state index in [0.29, 0.717) is 29.0 Å². The van der Waals surface area contributed by atoms with E-state index in [9.17, 15) is 9.90 Å². The number of carbonyl (C=O) groups is 1. The fourth-order valence-corrected chi connectivity index (χ4v) is 3.65. The van der Waals surface area contributed by atoms with Crippen LogP contribution in [0.25, 0.3) is 5.57 Å². The maximum atomic E-state index is 12.4. The van der Waals surface area contributed by atoms with Gasteiger partial charge >= 0.3 is 5.97 Å². The average molecular weight is 307 g/mol. The first-order valence-electron chi connectivity index (χ1n) is 7.39. The van der Waals surface area contributed by atoms with Gasteiger partial charge in [0.2, 0.25) is 0 Å². The van der Waals surface area contributed by atoms with Crippen molar-refractivity contribution in [1.29, 1.82) is 0 Å². The molecular weight excluding hydrogens is 288 g/mol. The minimum Gasteiger partial charge on any atom is -0.507 e. The third kappa shape index (κ3) is 2.15. The molecule has 1 heterocycles. The fraction of sp³-hybridized carbons (Fsp3) is 0.471. The van der Waals surface area contributed by atoms with Crippen molar-refractivity contribution in [2.75, 3.05) is 0 Å². The second-order valence-corrected chi connectivity index (χ2v) is 6.44. The Labute approximate surface area is 129 Å². The lowest BCUT2D eigenvalue weighted by Crippen LogP contribution is -2.34. The van der Waals surface area contributed by atoms with Crippen LogP contribution >= 0.6 is 11.6 Å². The van der Waals surface area contributed by atoms with Crippen LogP contribution in [0.2, 0.25) is 5.02 Å². The summed E-state index contributed by atoms with van der Waals surface area (Å²) in [6.45, 7) is 3.78. The fourth-order valence-electron chi connectivity index (χ4n) is 3.49. The topological polar surface area (TPSA) is 46.5 Å². The van der Waals surface area contributed by atoms with E-state index in [1.807, 2.05) is 26.0 Å². The molecule has 1 aromatic carbocycles. The average Bonchev–Trinajstić information content (AvgIpc) is 2.69. The van der Waals surface area contributed by atoms with Crippen LogP contribution in [-0.4, -0.2) is 16.7 Å². The van der Waals surface area contributed by atoms with Crippen LogP contribution in [0, 0.1) is 13.8 Å². The Bertz CT molecular complexity index is 640. The highest BCUT2D eigenvalue weighted by Crippen LogP contribution is 2.46. The molecule has 0 radical (unpaired) electrons. The monoisotopic (exact) mass is 306 g/mol. The molecule has 0 aromatic heterocycles. The lowest BCUT2D eigenvalue weighted by atomic mass is 9.82. The van der Waals surface area contributed by atoms with E-state index in [2.05, 4.69) is 0 Å². The van der Waals surface area contributed by atoms with Crippen LogP contribution in [-0.2, 0) is 9.53 Å². The zero-order valence-electron chi connectivity index (χ0n) is 12.3. The van der Waals surface area contributed by atoms with Gasteiger partial charge in [-0.1, -0.05) is 24.1 Å². The molecule has 0 atom stereocenters. The summed E-state index contributed by atoms with van der Waals surface area (Å²) < 4.78 is 5.61. The summed E-state index contributed by atoms with van der Waals surface area (Å²) in [5, 5.41) is 11.3. The molecule has 0 unspecified atom stereocenters. The second kappa shape index (κ2) is 5.06. The molecule has 1 spiro atoms. The van der Waals surface area contributed by atoms with Crippen molar-refractivity contribution >= 4 is 23.1 Å². The van der Waals surface area contributed by atoms with E-state index in [1.165, 1.54) is 0 Å². The van der Waals surface area contributed by atoms with Gasteiger partial charge in [-0.05, 0) is 62.3 Å². The second-order valence-electron chi connectivity index (χ2n) is 6.03. The largest absolute Gasteiger partial charge is 0.507 e.